The number of nitrogens with zero attached hydrogens (tertiary/aromatic N) is 3. The van der Waals surface area contributed by atoms with Gasteiger partial charge in [-0.25, -0.2) is 9.98 Å². The zero-order valence-electron chi connectivity index (χ0n) is 10.1. The lowest BCUT2D eigenvalue weighted by molar-refractivity contribution is -0.110. The van der Waals surface area contributed by atoms with Gasteiger partial charge in [0, 0.05) is 0 Å². The molecule has 5 heteroatoms. The van der Waals surface area contributed by atoms with E-state index in [1.807, 2.05) is 20.8 Å². The molecule has 0 spiro atoms. The number of furan rings is 1. The van der Waals surface area contributed by atoms with Crippen molar-refractivity contribution in [3.63, 3.8) is 0 Å². The van der Waals surface area contributed by atoms with Crippen molar-refractivity contribution in [3.8, 4) is 0 Å². The molecule has 0 fully saturated rings. The molecule has 0 radical (unpaired) electrons. The molecular weight excluding hydrogens is 218 g/mol. The Kier molecular flexibility index (Phi) is 2.85. The van der Waals surface area contributed by atoms with Crippen molar-refractivity contribution in [1.29, 1.82) is 0 Å². The van der Waals surface area contributed by atoms with Gasteiger partial charge in [-0.2, -0.15) is 0 Å². The zero-order chi connectivity index (χ0) is 12.5. The molecule has 0 bridgehead atoms. The standard InChI is InChI=1S/C12H15N3O2/c1-12(2,3)15(16)8-9-7-13-11(14-9)10-5-4-6-17-10/h4-8,16H,1-3H3. The van der Waals surface area contributed by atoms with E-state index in [-0.39, 0.29) is 5.54 Å². The maximum absolute atomic E-state index is 9.77. The summed E-state index contributed by atoms with van der Waals surface area (Å²) in [6, 6.07) is 3.57. The lowest BCUT2D eigenvalue weighted by atomic mass is 10.1. The molecule has 0 amide bonds. The molecule has 0 saturated heterocycles. The third kappa shape index (κ3) is 2.62. The molecule has 1 aromatic heterocycles. The van der Waals surface area contributed by atoms with E-state index in [0.717, 1.165) is 5.06 Å². The minimum Gasteiger partial charge on any atom is -0.461 e. The van der Waals surface area contributed by atoms with Crippen LogP contribution in [0.3, 0.4) is 0 Å². The highest BCUT2D eigenvalue weighted by Gasteiger charge is 2.18. The number of aliphatic imine (C=N–C) groups is 2. The van der Waals surface area contributed by atoms with Crippen molar-refractivity contribution in [3.05, 3.63) is 36.1 Å². The number of amidine groups is 1. The maximum Gasteiger partial charge on any atom is 0.196 e. The summed E-state index contributed by atoms with van der Waals surface area (Å²) in [5.74, 6) is 1.13. The largest absolute Gasteiger partial charge is 0.461 e. The summed E-state index contributed by atoms with van der Waals surface area (Å²) in [7, 11) is 0. The van der Waals surface area contributed by atoms with Crippen LogP contribution in [0.25, 0.3) is 0 Å². The Balaban J connectivity index is 2.18. The first-order chi connectivity index (χ1) is 7.97. The van der Waals surface area contributed by atoms with Crippen LogP contribution in [0.5, 0.6) is 0 Å². The van der Waals surface area contributed by atoms with Crippen LogP contribution in [-0.4, -0.2) is 27.9 Å². The molecule has 1 aliphatic rings. The van der Waals surface area contributed by atoms with Crippen LogP contribution in [-0.2, 0) is 0 Å². The van der Waals surface area contributed by atoms with Crippen LogP contribution in [0.1, 0.15) is 26.5 Å². The SMILES string of the molecule is CC(C)(C)N(O)C=C1C=NC(c2ccco2)=N1. The molecule has 1 N–H and O–H groups in total. The van der Waals surface area contributed by atoms with E-state index in [1.165, 1.54) is 0 Å². The molecule has 17 heavy (non-hydrogen) atoms. The molecule has 1 aromatic rings. The quantitative estimate of drug-likeness (QED) is 0.798. The summed E-state index contributed by atoms with van der Waals surface area (Å²) in [5, 5.41) is 10.9. The van der Waals surface area contributed by atoms with E-state index < -0.39 is 0 Å². The lowest BCUT2D eigenvalue weighted by Crippen LogP contribution is -2.34. The van der Waals surface area contributed by atoms with Crippen LogP contribution in [0.15, 0.2) is 44.7 Å². The fraction of sp³-hybridized carbons (Fsp3) is 0.333. The predicted molar refractivity (Wildman–Crippen MR) is 65.2 cm³/mol. The van der Waals surface area contributed by atoms with E-state index in [4.69, 9.17) is 4.42 Å². The van der Waals surface area contributed by atoms with Gasteiger partial charge >= 0.3 is 0 Å². The maximum atomic E-state index is 9.77. The topological polar surface area (TPSA) is 61.3 Å². The Morgan fingerprint density at radius 3 is 2.76 bits per heavy atom. The Morgan fingerprint density at radius 1 is 1.41 bits per heavy atom. The van der Waals surface area contributed by atoms with Gasteiger partial charge in [0.2, 0.25) is 0 Å². The highest BCUT2D eigenvalue weighted by molar-refractivity contribution is 6.08. The smallest absolute Gasteiger partial charge is 0.196 e. The number of hydroxylamine groups is 2. The fourth-order valence-corrected chi connectivity index (χ4v) is 1.21. The van der Waals surface area contributed by atoms with Crippen LogP contribution in [0, 0.1) is 0 Å². The Hall–Kier alpha value is -1.88. The molecule has 2 heterocycles. The van der Waals surface area contributed by atoms with E-state index in [2.05, 4.69) is 9.98 Å². The highest BCUT2D eigenvalue weighted by Crippen LogP contribution is 2.16. The number of rotatable bonds is 2. The van der Waals surface area contributed by atoms with Crippen molar-refractivity contribution in [2.45, 2.75) is 26.3 Å². The van der Waals surface area contributed by atoms with Crippen LogP contribution in [0.4, 0.5) is 0 Å². The number of hydrogen-bond acceptors (Lipinski definition) is 5. The molecule has 0 unspecified atom stereocenters. The average molecular weight is 233 g/mol. The van der Waals surface area contributed by atoms with Gasteiger partial charge in [-0.15, -0.1) is 0 Å². The third-order valence-electron chi connectivity index (χ3n) is 2.24. The molecule has 90 valence electrons. The fourth-order valence-electron chi connectivity index (χ4n) is 1.21. The van der Waals surface area contributed by atoms with E-state index in [9.17, 15) is 5.21 Å². The van der Waals surface area contributed by atoms with Crippen molar-refractivity contribution >= 4 is 12.1 Å². The van der Waals surface area contributed by atoms with Gasteiger partial charge in [0.1, 0.15) is 5.70 Å². The van der Waals surface area contributed by atoms with Crippen LogP contribution >= 0.6 is 0 Å². The van der Waals surface area contributed by atoms with Crippen LogP contribution < -0.4 is 0 Å². The Bertz CT molecular complexity index is 478. The second-order valence-corrected chi connectivity index (χ2v) is 4.74. The summed E-state index contributed by atoms with van der Waals surface area (Å²) in [6.07, 6.45) is 4.70. The molecule has 0 atom stereocenters. The second-order valence-electron chi connectivity index (χ2n) is 4.74. The van der Waals surface area contributed by atoms with Crippen molar-refractivity contribution < 1.29 is 9.62 Å². The molecule has 1 aliphatic heterocycles. The van der Waals surface area contributed by atoms with E-state index >= 15 is 0 Å². The normalized spacial score (nSPS) is 17.6. The first-order valence-corrected chi connectivity index (χ1v) is 5.33. The molecule has 0 aromatic carbocycles. The monoisotopic (exact) mass is 233 g/mol. The summed E-state index contributed by atoms with van der Waals surface area (Å²) < 4.78 is 5.19. The third-order valence-corrected chi connectivity index (χ3v) is 2.24. The summed E-state index contributed by atoms with van der Waals surface area (Å²) in [4.78, 5) is 8.36. The van der Waals surface area contributed by atoms with Crippen molar-refractivity contribution in [2.75, 3.05) is 0 Å². The Labute approximate surface area is 99.7 Å². The summed E-state index contributed by atoms with van der Waals surface area (Å²) in [5.41, 5.74) is 0.220. The van der Waals surface area contributed by atoms with Gasteiger partial charge in [0.05, 0.1) is 24.2 Å². The molecule has 5 nitrogen and oxygen atoms in total. The first kappa shape index (κ1) is 11.6. The van der Waals surface area contributed by atoms with Gasteiger partial charge in [0.15, 0.2) is 11.6 Å². The molecule has 2 rings (SSSR count). The van der Waals surface area contributed by atoms with Gasteiger partial charge < -0.3 is 4.42 Å². The van der Waals surface area contributed by atoms with Crippen molar-refractivity contribution in [1.82, 2.24) is 5.06 Å². The second kappa shape index (κ2) is 4.18. The minimum atomic E-state index is -0.371. The predicted octanol–water partition coefficient (Wildman–Crippen LogP) is 2.44. The van der Waals surface area contributed by atoms with E-state index in [0.29, 0.717) is 17.3 Å². The number of allylic oxidation sites excluding steroid dienone is 1. The van der Waals surface area contributed by atoms with E-state index in [1.54, 1.807) is 30.8 Å². The zero-order valence-corrected chi connectivity index (χ0v) is 10.1. The number of hydrogen-bond donors (Lipinski definition) is 1. The molecular formula is C12H15N3O2. The average Bonchev–Trinajstić information content (AvgIpc) is 2.83. The van der Waals surface area contributed by atoms with Gasteiger partial charge in [0.25, 0.3) is 0 Å². The minimum absolute atomic E-state index is 0.371. The van der Waals surface area contributed by atoms with Gasteiger partial charge in [-0.3, -0.25) is 10.3 Å². The lowest BCUT2D eigenvalue weighted by Gasteiger charge is -2.27. The summed E-state index contributed by atoms with van der Waals surface area (Å²) in [6.45, 7) is 5.69. The van der Waals surface area contributed by atoms with Gasteiger partial charge in [-0.05, 0) is 32.9 Å². The van der Waals surface area contributed by atoms with Gasteiger partial charge in [-0.1, -0.05) is 0 Å². The first-order valence-electron chi connectivity index (χ1n) is 5.33. The highest BCUT2D eigenvalue weighted by atomic mass is 16.5. The molecule has 0 aliphatic carbocycles. The summed E-state index contributed by atoms with van der Waals surface area (Å²) >= 11 is 0. The molecule has 0 saturated carbocycles. The van der Waals surface area contributed by atoms with Crippen LogP contribution in [0.2, 0.25) is 0 Å². The Morgan fingerprint density at radius 2 is 2.18 bits per heavy atom. The van der Waals surface area contributed by atoms with Crippen molar-refractivity contribution in [2.24, 2.45) is 9.98 Å².